The van der Waals surface area contributed by atoms with Crippen molar-refractivity contribution in [1.29, 1.82) is 0 Å². The number of fused-ring (bicyclic) bond motifs is 1. The fourth-order valence-corrected chi connectivity index (χ4v) is 4.42. The lowest BCUT2D eigenvalue weighted by Gasteiger charge is -2.28. The molecular formula is C26H22Cl2N6O3. The second kappa shape index (κ2) is 10.5. The smallest absolute Gasteiger partial charge is 0.255 e. The summed E-state index contributed by atoms with van der Waals surface area (Å²) >= 11 is 12.1. The average molecular weight is 537 g/mol. The monoisotopic (exact) mass is 536 g/mol. The third-order valence-electron chi connectivity index (χ3n) is 5.90. The molecule has 2 N–H and O–H groups in total. The van der Waals surface area contributed by atoms with Gasteiger partial charge >= 0.3 is 0 Å². The van der Waals surface area contributed by atoms with Gasteiger partial charge < -0.3 is 20.1 Å². The van der Waals surface area contributed by atoms with Crippen molar-refractivity contribution in [2.75, 3.05) is 17.7 Å². The fourth-order valence-electron chi connectivity index (χ4n) is 4.09. The van der Waals surface area contributed by atoms with Gasteiger partial charge in [-0.2, -0.15) is 4.68 Å². The van der Waals surface area contributed by atoms with Crippen molar-refractivity contribution in [1.82, 2.24) is 20.2 Å². The van der Waals surface area contributed by atoms with Crippen LogP contribution in [0.25, 0.3) is 0 Å². The number of rotatable bonds is 7. The van der Waals surface area contributed by atoms with Crippen LogP contribution in [0.4, 0.5) is 11.6 Å². The van der Waals surface area contributed by atoms with Crippen LogP contribution < -0.4 is 20.1 Å². The van der Waals surface area contributed by atoms with Gasteiger partial charge in [-0.25, -0.2) is 0 Å². The van der Waals surface area contributed by atoms with Gasteiger partial charge in [0.25, 0.3) is 5.91 Å². The van der Waals surface area contributed by atoms with Gasteiger partial charge in [0, 0.05) is 5.70 Å². The van der Waals surface area contributed by atoms with E-state index in [1.807, 2.05) is 49.4 Å². The van der Waals surface area contributed by atoms with Crippen LogP contribution in [-0.2, 0) is 11.4 Å². The molecule has 4 aromatic rings. The van der Waals surface area contributed by atoms with Crippen LogP contribution in [0.15, 0.2) is 78.0 Å². The number of allylic oxidation sites excluding steroid dienone is 1. The van der Waals surface area contributed by atoms with Crippen LogP contribution in [-0.4, -0.2) is 33.2 Å². The van der Waals surface area contributed by atoms with E-state index in [0.29, 0.717) is 51.1 Å². The van der Waals surface area contributed by atoms with E-state index >= 15 is 0 Å². The number of methoxy groups -OCH3 is 1. The largest absolute Gasteiger partial charge is 0.495 e. The van der Waals surface area contributed by atoms with Gasteiger partial charge in [0.1, 0.15) is 24.1 Å². The molecule has 1 aliphatic heterocycles. The Labute approximate surface area is 223 Å². The van der Waals surface area contributed by atoms with E-state index in [0.717, 1.165) is 11.1 Å². The van der Waals surface area contributed by atoms with Crippen molar-refractivity contribution in [3.63, 3.8) is 0 Å². The third-order valence-corrected chi connectivity index (χ3v) is 6.64. The minimum Gasteiger partial charge on any atom is -0.495 e. The lowest BCUT2D eigenvalue weighted by Crippen LogP contribution is -2.31. The van der Waals surface area contributed by atoms with Crippen LogP contribution in [0.5, 0.6) is 11.5 Å². The number of anilines is 2. The fraction of sp³-hybridized carbons (Fsp3) is 0.154. The second-order valence-corrected chi connectivity index (χ2v) is 9.09. The number of para-hydroxylation sites is 2. The second-order valence-electron chi connectivity index (χ2n) is 8.27. The van der Waals surface area contributed by atoms with Crippen molar-refractivity contribution in [3.05, 3.63) is 99.2 Å². The zero-order valence-corrected chi connectivity index (χ0v) is 21.4. The zero-order valence-electron chi connectivity index (χ0n) is 19.9. The zero-order chi connectivity index (χ0) is 25.9. The van der Waals surface area contributed by atoms with E-state index in [4.69, 9.17) is 32.7 Å². The number of hydrogen-bond acceptors (Lipinski definition) is 7. The number of halogens is 2. The maximum atomic E-state index is 13.5. The van der Waals surface area contributed by atoms with Crippen LogP contribution in [0, 0.1) is 0 Å². The van der Waals surface area contributed by atoms with Crippen molar-refractivity contribution >= 4 is 40.7 Å². The van der Waals surface area contributed by atoms with Gasteiger partial charge in [-0.15, -0.1) is 0 Å². The standard InChI is InChI=1S/C26H22Cl2N6O3/c1-15-23(25(35)30-21-5-3-4-6-22(21)36-2)24(34-26(29-15)31-32-33-34)17-8-10-18(11-9-17)37-14-16-7-12-19(27)20(28)13-16/h3-13,24H,14H2,1-2H3,(H,30,35)(H,29,31,33). The molecule has 188 valence electrons. The lowest BCUT2D eigenvalue weighted by atomic mass is 9.95. The molecule has 1 aliphatic rings. The van der Waals surface area contributed by atoms with Crippen LogP contribution in [0.1, 0.15) is 24.1 Å². The summed E-state index contributed by atoms with van der Waals surface area (Å²) in [6, 6.07) is 19.5. The molecule has 37 heavy (non-hydrogen) atoms. The van der Waals surface area contributed by atoms with Crippen molar-refractivity contribution < 1.29 is 14.3 Å². The van der Waals surface area contributed by atoms with Gasteiger partial charge in [0.05, 0.1) is 28.4 Å². The molecule has 0 spiro atoms. The summed E-state index contributed by atoms with van der Waals surface area (Å²) < 4.78 is 12.9. The van der Waals surface area contributed by atoms with Gasteiger partial charge in [0.2, 0.25) is 5.95 Å². The average Bonchev–Trinajstić information content (AvgIpc) is 3.37. The Balaban J connectivity index is 1.41. The Morgan fingerprint density at radius 3 is 2.62 bits per heavy atom. The summed E-state index contributed by atoms with van der Waals surface area (Å²) in [4.78, 5) is 13.5. The summed E-state index contributed by atoms with van der Waals surface area (Å²) in [5.74, 6) is 1.35. The van der Waals surface area contributed by atoms with E-state index in [1.165, 1.54) is 0 Å². The van der Waals surface area contributed by atoms with E-state index < -0.39 is 6.04 Å². The molecule has 11 heteroatoms. The van der Waals surface area contributed by atoms with Crippen molar-refractivity contribution in [2.24, 2.45) is 0 Å². The van der Waals surface area contributed by atoms with Crippen molar-refractivity contribution in [3.8, 4) is 11.5 Å². The number of hydrogen-bond donors (Lipinski definition) is 2. The van der Waals surface area contributed by atoms with Crippen LogP contribution >= 0.6 is 23.2 Å². The summed E-state index contributed by atoms with van der Waals surface area (Å²) in [6.45, 7) is 2.14. The molecular weight excluding hydrogens is 515 g/mol. The summed E-state index contributed by atoms with van der Waals surface area (Å²) in [5.41, 5.74) is 3.36. The number of carbonyl (C=O) groups excluding carboxylic acids is 1. The molecule has 1 atom stereocenters. The van der Waals surface area contributed by atoms with Gasteiger partial charge in [-0.3, -0.25) is 4.79 Å². The highest BCUT2D eigenvalue weighted by Gasteiger charge is 2.34. The maximum absolute atomic E-state index is 13.5. The Kier molecular flexibility index (Phi) is 6.98. The third kappa shape index (κ3) is 5.09. The Bertz CT molecular complexity index is 1490. The predicted octanol–water partition coefficient (Wildman–Crippen LogP) is 5.50. The molecule has 9 nitrogen and oxygen atoms in total. The number of carbonyl (C=O) groups is 1. The Hall–Kier alpha value is -4.08. The maximum Gasteiger partial charge on any atom is 0.255 e. The first-order chi connectivity index (χ1) is 17.9. The van der Waals surface area contributed by atoms with E-state index in [2.05, 4.69) is 26.2 Å². The lowest BCUT2D eigenvalue weighted by molar-refractivity contribution is -0.113. The number of nitrogens with one attached hydrogen (secondary N) is 2. The molecule has 0 saturated heterocycles. The van der Waals surface area contributed by atoms with Gasteiger partial charge in [0.15, 0.2) is 0 Å². The minimum atomic E-state index is -0.565. The molecule has 2 heterocycles. The molecule has 1 unspecified atom stereocenters. The van der Waals surface area contributed by atoms with Crippen molar-refractivity contribution in [2.45, 2.75) is 19.6 Å². The molecule has 3 aromatic carbocycles. The van der Waals surface area contributed by atoms with E-state index in [-0.39, 0.29) is 5.91 Å². The van der Waals surface area contributed by atoms with Crippen LogP contribution in [0.3, 0.4) is 0 Å². The number of aromatic nitrogens is 4. The number of ether oxygens (including phenoxy) is 2. The number of amides is 1. The SMILES string of the molecule is COc1ccccc1NC(=O)C1=C(C)Nc2nnnn2C1c1ccc(OCc2ccc(Cl)c(Cl)c2)cc1. The topological polar surface area (TPSA) is 103 Å². The van der Waals surface area contributed by atoms with E-state index in [1.54, 1.807) is 36.1 Å². The molecule has 1 amide bonds. The highest BCUT2D eigenvalue weighted by Crippen LogP contribution is 2.36. The first-order valence-corrected chi connectivity index (χ1v) is 12.1. The molecule has 0 saturated carbocycles. The molecule has 5 rings (SSSR count). The molecule has 1 aromatic heterocycles. The highest BCUT2D eigenvalue weighted by molar-refractivity contribution is 6.42. The minimum absolute atomic E-state index is 0.305. The van der Waals surface area contributed by atoms with Crippen LogP contribution in [0.2, 0.25) is 10.0 Å². The van der Waals surface area contributed by atoms with E-state index in [9.17, 15) is 4.79 Å². The first-order valence-electron chi connectivity index (χ1n) is 11.3. The Morgan fingerprint density at radius 1 is 1.08 bits per heavy atom. The van der Waals surface area contributed by atoms with Gasteiger partial charge in [-0.05, 0) is 64.9 Å². The number of tetrazole rings is 1. The molecule has 0 bridgehead atoms. The summed E-state index contributed by atoms with van der Waals surface area (Å²) in [6.07, 6.45) is 0. The normalized spacial score (nSPS) is 14.5. The van der Waals surface area contributed by atoms with Gasteiger partial charge in [-0.1, -0.05) is 58.6 Å². The summed E-state index contributed by atoms with van der Waals surface area (Å²) in [7, 11) is 1.55. The quantitative estimate of drug-likeness (QED) is 0.321. The summed E-state index contributed by atoms with van der Waals surface area (Å²) in [5, 5.41) is 19.0. The molecule has 0 aliphatic carbocycles. The predicted molar refractivity (Wildman–Crippen MR) is 141 cm³/mol. The molecule has 0 fully saturated rings. The Morgan fingerprint density at radius 2 is 1.86 bits per heavy atom. The first kappa shape index (κ1) is 24.6. The highest BCUT2D eigenvalue weighted by atomic mass is 35.5. The molecule has 0 radical (unpaired) electrons. The number of nitrogens with zero attached hydrogens (tertiary/aromatic N) is 4. The number of benzene rings is 3.